The number of hydrogen-bond donors (Lipinski definition) is 0. The predicted octanol–water partition coefficient (Wildman–Crippen LogP) is 7.51. The summed E-state index contributed by atoms with van der Waals surface area (Å²) in [4.78, 5) is 18.1. The maximum atomic E-state index is 13.4. The van der Waals surface area contributed by atoms with E-state index in [4.69, 9.17) is 13.8 Å². The maximum absolute atomic E-state index is 13.4. The van der Waals surface area contributed by atoms with Crippen LogP contribution in [0.1, 0.15) is 30.4 Å². The molecule has 0 atom stereocenters. The molecule has 0 aliphatic rings. The Balaban J connectivity index is 0.00000357. The van der Waals surface area contributed by atoms with Crippen LogP contribution in [0.5, 0.6) is 11.5 Å². The number of imidazole rings is 1. The Morgan fingerprint density at radius 1 is 0.786 bits per heavy atom. The van der Waals surface area contributed by atoms with Crippen molar-refractivity contribution in [2.45, 2.75) is 26.2 Å². The van der Waals surface area contributed by atoms with Crippen LogP contribution in [0, 0.1) is 12.1 Å². The molecule has 3 heterocycles. The van der Waals surface area contributed by atoms with E-state index in [2.05, 4.69) is 55.7 Å². The smallest absolute Gasteiger partial charge is 0.509 e. The van der Waals surface area contributed by atoms with Crippen molar-refractivity contribution in [3.05, 3.63) is 125 Å². The molecule has 42 heavy (non-hydrogen) atoms. The molecule has 7 aromatic rings. The van der Waals surface area contributed by atoms with Gasteiger partial charge < -0.3 is 9.30 Å². The Bertz CT molecular complexity index is 2280. The summed E-state index contributed by atoms with van der Waals surface area (Å²) >= 11 is 0. The molecular weight excluding hydrogens is 703 g/mol. The molecule has 0 aliphatic carbocycles. The van der Waals surface area contributed by atoms with Gasteiger partial charge in [-0.3, -0.25) is 9.13 Å². The molecule has 0 saturated heterocycles. The van der Waals surface area contributed by atoms with Crippen LogP contribution in [0.15, 0.2) is 102 Å². The molecule has 7 heteroatoms. The molecule has 6 nitrogen and oxygen atoms in total. The summed E-state index contributed by atoms with van der Waals surface area (Å²) in [6, 6.07) is 34.8. The molecule has 0 fully saturated rings. The molecule has 0 unspecified atom stereocenters. The summed E-state index contributed by atoms with van der Waals surface area (Å²) in [5, 5.41) is 2.09. The Labute approximate surface area is 262 Å². The summed E-state index contributed by atoms with van der Waals surface area (Å²) < 4.78 is 34.3. The molecule has 0 saturated carbocycles. The Morgan fingerprint density at radius 2 is 1.52 bits per heavy atom. The number of fused-ring (bicyclic) bond motifs is 4. The zero-order chi connectivity index (χ0) is 30.8. The molecule has 4 aromatic carbocycles. The molecule has 0 spiro atoms. The third-order valence-electron chi connectivity index (χ3n) is 7.36. The van der Waals surface area contributed by atoms with E-state index >= 15 is 0 Å². The average molecular weight is 735 g/mol. The third-order valence-corrected chi connectivity index (χ3v) is 7.36. The predicted molar refractivity (Wildman–Crippen MR) is 164 cm³/mol. The van der Waals surface area contributed by atoms with E-state index in [1.54, 1.807) is 42.5 Å². The van der Waals surface area contributed by atoms with Crippen LogP contribution >= 0.6 is 0 Å². The molecule has 0 amide bonds. The zero-order valence-electron chi connectivity index (χ0n) is 26.2. The van der Waals surface area contributed by atoms with Crippen LogP contribution in [0.25, 0.3) is 44.3 Å². The zero-order valence-corrected chi connectivity index (χ0v) is 25.4. The van der Waals surface area contributed by atoms with Gasteiger partial charge in [-0.1, -0.05) is 62.3 Å². The van der Waals surface area contributed by atoms with Crippen molar-refractivity contribution >= 4 is 32.8 Å². The minimum absolute atomic E-state index is 0. The Morgan fingerprint density at radius 3 is 2.31 bits per heavy atom. The number of para-hydroxylation sites is 3. The fourth-order valence-electron chi connectivity index (χ4n) is 5.30. The largest absolute Gasteiger partial charge is 2.00 e. The van der Waals surface area contributed by atoms with Crippen molar-refractivity contribution in [2.75, 3.05) is 0 Å². The Kier molecular flexibility index (Phi) is 6.02. The fraction of sp³-hybridized carbons (Fsp3) is 0.143. The van der Waals surface area contributed by atoms with E-state index in [0.717, 1.165) is 32.2 Å². The molecule has 0 aliphatic heterocycles. The van der Waals surface area contributed by atoms with Gasteiger partial charge in [-0.25, -0.2) is 9.78 Å². The summed E-state index contributed by atoms with van der Waals surface area (Å²) in [6.07, 6.45) is 1.84. The van der Waals surface area contributed by atoms with Gasteiger partial charge in [0.2, 0.25) is 0 Å². The summed E-state index contributed by atoms with van der Waals surface area (Å²) in [6.45, 7) is 3.89. The second-order valence-electron chi connectivity index (χ2n) is 11.0. The average Bonchev–Trinajstić information content (AvgIpc) is 3.48. The molecule has 210 valence electrons. The van der Waals surface area contributed by atoms with E-state index in [0.29, 0.717) is 28.2 Å². The van der Waals surface area contributed by atoms with Gasteiger partial charge in [-0.15, -0.1) is 35.7 Å². The SMILES string of the molecule is [2H]C([2H])([2H])n1c(=O)n(-c2[c-]c(Oc3[c-]c4c(cc3)c3ccccc3n4-c3cc(C(C)(C)C)ccn3)ccc2)c2ccccc21.[Pt+2]. The summed E-state index contributed by atoms with van der Waals surface area (Å²) in [5.74, 6) is 1.60. The number of nitrogens with zero attached hydrogens (tertiary/aromatic N) is 4. The van der Waals surface area contributed by atoms with Crippen molar-refractivity contribution < 1.29 is 29.9 Å². The number of aromatic nitrogens is 4. The van der Waals surface area contributed by atoms with E-state index in [1.165, 1.54) is 10.1 Å². The number of benzene rings is 4. The van der Waals surface area contributed by atoms with Gasteiger partial charge in [-0.2, -0.15) is 12.1 Å². The van der Waals surface area contributed by atoms with Gasteiger partial charge in [0.1, 0.15) is 5.82 Å². The van der Waals surface area contributed by atoms with Crippen molar-refractivity contribution in [1.82, 2.24) is 18.7 Å². The minimum Gasteiger partial charge on any atom is -0.509 e. The summed E-state index contributed by atoms with van der Waals surface area (Å²) in [5.41, 5.74) is 3.41. The number of hydrogen-bond acceptors (Lipinski definition) is 3. The van der Waals surface area contributed by atoms with Crippen LogP contribution in [0.4, 0.5) is 0 Å². The van der Waals surface area contributed by atoms with Crippen LogP contribution in [-0.4, -0.2) is 18.7 Å². The van der Waals surface area contributed by atoms with E-state index in [9.17, 15) is 4.79 Å². The van der Waals surface area contributed by atoms with Gasteiger partial charge in [0.05, 0.1) is 11.0 Å². The van der Waals surface area contributed by atoms with E-state index in [1.807, 2.05) is 36.5 Å². The van der Waals surface area contributed by atoms with Crippen LogP contribution in [0.2, 0.25) is 0 Å². The van der Waals surface area contributed by atoms with Crippen LogP contribution < -0.4 is 10.4 Å². The molecule has 0 N–H and O–H groups in total. The minimum atomic E-state index is -2.64. The first-order chi connectivity index (χ1) is 21.0. The first-order valence-corrected chi connectivity index (χ1v) is 13.4. The van der Waals surface area contributed by atoms with Gasteiger partial charge in [0.25, 0.3) is 0 Å². The topological polar surface area (TPSA) is 54.0 Å². The number of pyridine rings is 1. The molecule has 3 aromatic heterocycles. The van der Waals surface area contributed by atoms with Gasteiger partial charge in [0.15, 0.2) is 0 Å². The third kappa shape index (κ3) is 4.56. The van der Waals surface area contributed by atoms with Gasteiger partial charge in [0, 0.05) is 34.3 Å². The van der Waals surface area contributed by atoms with Crippen LogP contribution in [0.3, 0.4) is 0 Å². The number of aryl methyl sites for hydroxylation is 1. The van der Waals surface area contributed by atoms with E-state index < -0.39 is 12.7 Å². The van der Waals surface area contributed by atoms with Crippen molar-refractivity contribution in [2.24, 2.45) is 6.98 Å². The number of rotatable bonds is 4. The van der Waals surface area contributed by atoms with Crippen molar-refractivity contribution in [1.29, 1.82) is 0 Å². The second-order valence-corrected chi connectivity index (χ2v) is 11.0. The van der Waals surface area contributed by atoms with Crippen LogP contribution in [-0.2, 0) is 33.5 Å². The first-order valence-electron chi connectivity index (χ1n) is 14.9. The molecule has 0 radical (unpaired) electrons. The summed E-state index contributed by atoms with van der Waals surface area (Å²) in [7, 11) is 0. The van der Waals surface area contributed by atoms with Crippen molar-refractivity contribution in [3.63, 3.8) is 0 Å². The van der Waals surface area contributed by atoms with E-state index in [-0.39, 0.29) is 26.5 Å². The normalized spacial score (nSPS) is 13.1. The number of ether oxygens (including phenoxy) is 1. The molecular formula is C35H28N4O2Pt. The fourth-order valence-corrected chi connectivity index (χ4v) is 5.30. The first kappa shape index (κ1) is 24.2. The van der Waals surface area contributed by atoms with Crippen molar-refractivity contribution in [3.8, 4) is 23.0 Å². The molecule has 0 bridgehead atoms. The second kappa shape index (κ2) is 10.5. The molecule has 7 rings (SSSR count). The van der Waals surface area contributed by atoms with Gasteiger partial charge in [-0.05, 0) is 46.7 Å². The standard InChI is InChI=1S/C35H28N4O2.Pt/c1-35(2,3)23-18-19-36-33(20-23)39-29-13-6-5-12-27(29)28-17-16-26(22-32(28)39)41-25-11-9-10-24(21-25)38-31-15-8-7-14-30(31)37(4)34(38)40;/h5-20H,1-4H3;/q-2;+2/i4D3;. The van der Waals surface area contributed by atoms with Gasteiger partial charge >= 0.3 is 26.8 Å². The monoisotopic (exact) mass is 734 g/mol. The quantitative estimate of drug-likeness (QED) is 0.176. The maximum Gasteiger partial charge on any atom is 2.00 e. The Hall–Kier alpha value is -4.41.